The average molecular weight is 365 g/mol. The molecule has 0 aliphatic carbocycles. The Kier molecular flexibility index (Phi) is 5.54. The van der Waals surface area contributed by atoms with Crippen molar-refractivity contribution in [2.45, 2.75) is 38.6 Å². The number of benzene rings is 2. The second-order valence-corrected chi connectivity index (χ2v) is 6.92. The van der Waals surface area contributed by atoms with Gasteiger partial charge in [-0.05, 0) is 42.2 Å². The molecule has 6 nitrogen and oxygen atoms in total. The highest BCUT2D eigenvalue weighted by atomic mass is 16.2. The van der Waals surface area contributed by atoms with Gasteiger partial charge >= 0.3 is 0 Å². The van der Waals surface area contributed by atoms with Crippen LogP contribution in [-0.4, -0.2) is 23.8 Å². The zero-order valence-corrected chi connectivity index (χ0v) is 15.4. The van der Waals surface area contributed by atoms with Crippen molar-refractivity contribution in [1.82, 2.24) is 5.32 Å². The molecule has 0 saturated heterocycles. The minimum Gasteiger partial charge on any atom is -0.340 e. The van der Waals surface area contributed by atoms with Gasteiger partial charge in [0, 0.05) is 12.1 Å². The van der Waals surface area contributed by atoms with Gasteiger partial charge in [0.1, 0.15) is 6.04 Å². The first-order valence-electron chi connectivity index (χ1n) is 9.04. The van der Waals surface area contributed by atoms with Crippen molar-refractivity contribution in [2.24, 2.45) is 0 Å². The third-order valence-electron chi connectivity index (χ3n) is 4.57. The van der Waals surface area contributed by atoms with Crippen molar-refractivity contribution < 1.29 is 14.4 Å². The predicted molar refractivity (Wildman–Crippen MR) is 105 cm³/mol. The van der Waals surface area contributed by atoms with Crippen molar-refractivity contribution in [3.05, 3.63) is 59.7 Å². The van der Waals surface area contributed by atoms with Gasteiger partial charge in [-0.1, -0.05) is 38.1 Å². The van der Waals surface area contributed by atoms with Gasteiger partial charge in [-0.2, -0.15) is 0 Å². The van der Waals surface area contributed by atoms with E-state index in [1.165, 1.54) is 5.56 Å². The molecule has 1 aliphatic rings. The minimum atomic E-state index is -0.751. The molecule has 0 spiro atoms. The maximum atomic E-state index is 12.3. The zero-order valence-electron chi connectivity index (χ0n) is 15.4. The molecule has 1 heterocycles. The van der Waals surface area contributed by atoms with Gasteiger partial charge in [-0.25, -0.2) is 0 Å². The van der Waals surface area contributed by atoms with Gasteiger partial charge in [-0.15, -0.1) is 0 Å². The first-order valence-corrected chi connectivity index (χ1v) is 9.04. The second kappa shape index (κ2) is 8.03. The molecule has 140 valence electrons. The summed E-state index contributed by atoms with van der Waals surface area (Å²) in [6, 6.07) is 13.8. The van der Waals surface area contributed by atoms with Crippen molar-refractivity contribution in [1.29, 1.82) is 0 Å². The van der Waals surface area contributed by atoms with Crippen LogP contribution in [0.3, 0.4) is 0 Å². The van der Waals surface area contributed by atoms with Crippen molar-refractivity contribution >= 4 is 29.1 Å². The molecule has 3 rings (SSSR count). The third kappa shape index (κ3) is 4.53. The monoisotopic (exact) mass is 365 g/mol. The Morgan fingerprint density at radius 2 is 1.78 bits per heavy atom. The smallest absolute Gasteiger partial charge is 0.254 e. The Labute approximate surface area is 158 Å². The van der Waals surface area contributed by atoms with E-state index in [0.717, 1.165) is 0 Å². The Morgan fingerprint density at radius 3 is 2.48 bits per heavy atom. The molecule has 0 saturated carbocycles. The maximum Gasteiger partial charge on any atom is 0.254 e. The van der Waals surface area contributed by atoms with Gasteiger partial charge in [-0.3, -0.25) is 14.4 Å². The fourth-order valence-corrected chi connectivity index (χ4v) is 2.97. The van der Waals surface area contributed by atoms with Crippen molar-refractivity contribution in [3.8, 4) is 0 Å². The van der Waals surface area contributed by atoms with Gasteiger partial charge in [0.25, 0.3) is 5.91 Å². The average Bonchev–Trinajstić information content (AvgIpc) is 2.77. The van der Waals surface area contributed by atoms with Crippen LogP contribution in [0.4, 0.5) is 11.4 Å². The molecular weight excluding hydrogens is 342 g/mol. The van der Waals surface area contributed by atoms with Crippen molar-refractivity contribution in [3.63, 3.8) is 0 Å². The van der Waals surface area contributed by atoms with Gasteiger partial charge in [0.15, 0.2) is 0 Å². The number of rotatable bonds is 5. The summed E-state index contributed by atoms with van der Waals surface area (Å²) in [7, 11) is 0. The molecule has 0 aromatic heterocycles. The Morgan fingerprint density at radius 1 is 1.07 bits per heavy atom. The van der Waals surface area contributed by atoms with E-state index < -0.39 is 6.04 Å². The standard InChI is InChI=1S/C21H23N3O3/c1-13(2)14-7-9-15(10-8-14)22-19(25)12-11-18-21(27)23-17-6-4-3-5-16(17)20(26)24-18/h3-10,13,18H,11-12H2,1-2H3,(H,22,25)(H,23,27)(H,24,26). The van der Waals surface area contributed by atoms with Crippen LogP contribution in [0.15, 0.2) is 48.5 Å². The van der Waals surface area contributed by atoms with E-state index in [2.05, 4.69) is 29.8 Å². The van der Waals surface area contributed by atoms with Gasteiger partial charge in [0.2, 0.25) is 11.8 Å². The minimum absolute atomic E-state index is 0.126. The fourth-order valence-electron chi connectivity index (χ4n) is 2.97. The molecular formula is C21H23N3O3. The van der Waals surface area contributed by atoms with E-state index in [-0.39, 0.29) is 30.6 Å². The topological polar surface area (TPSA) is 87.3 Å². The lowest BCUT2D eigenvalue weighted by Crippen LogP contribution is -2.41. The quantitative estimate of drug-likeness (QED) is 0.760. The molecule has 1 atom stereocenters. The van der Waals surface area contributed by atoms with Gasteiger partial charge < -0.3 is 16.0 Å². The SMILES string of the molecule is CC(C)c1ccc(NC(=O)CCC2NC(=O)c3ccccc3NC2=O)cc1. The molecule has 2 aromatic rings. The molecule has 3 amide bonds. The molecule has 6 heteroatoms. The molecule has 2 aromatic carbocycles. The molecule has 1 unspecified atom stereocenters. The largest absolute Gasteiger partial charge is 0.340 e. The summed E-state index contributed by atoms with van der Waals surface area (Å²) in [4.78, 5) is 36.8. The van der Waals surface area contributed by atoms with E-state index in [0.29, 0.717) is 22.9 Å². The lowest BCUT2D eigenvalue weighted by molar-refractivity contribution is -0.118. The highest BCUT2D eigenvalue weighted by molar-refractivity contribution is 6.09. The third-order valence-corrected chi connectivity index (χ3v) is 4.57. The molecule has 0 bridgehead atoms. The van der Waals surface area contributed by atoms with Gasteiger partial charge in [0.05, 0.1) is 11.3 Å². The van der Waals surface area contributed by atoms with Crippen LogP contribution in [-0.2, 0) is 9.59 Å². The number of carbonyl (C=O) groups is 3. The number of para-hydroxylation sites is 1. The van der Waals surface area contributed by atoms with E-state index in [9.17, 15) is 14.4 Å². The number of carbonyl (C=O) groups excluding carboxylic acids is 3. The summed E-state index contributed by atoms with van der Waals surface area (Å²) < 4.78 is 0. The summed E-state index contributed by atoms with van der Waals surface area (Å²) in [5, 5.41) is 8.26. The Hall–Kier alpha value is -3.15. The van der Waals surface area contributed by atoms with Crippen LogP contribution >= 0.6 is 0 Å². The predicted octanol–water partition coefficient (Wildman–Crippen LogP) is 3.28. The van der Waals surface area contributed by atoms with Crippen molar-refractivity contribution in [2.75, 3.05) is 10.6 Å². The van der Waals surface area contributed by atoms with E-state index in [4.69, 9.17) is 0 Å². The number of nitrogens with one attached hydrogen (secondary N) is 3. The summed E-state index contributed by atoms with van der Waals surface area (Å²) >= 11 is 0. The number of anilines is 2. The van der Waals surface area contributed by atoms with E-state index in [1.807, 2.05) is 24.3 Å². The molecule has 0 fully saturated rings. The van der Waals surface area contributed by atoms with Crippen LogP contribution in [0.25, 0.3) is 0 Å². The first kappa shape index (κ1) is 18.6. The highest BCUT2D eigenvalue weighted by Crippen LogP contribution is 2.20. The molecule has 0 radical (unpaired) electrons. The van der Waals surface area contributed by atoms with Crippen LogP contribution in [0.1, 0.15) is 48.5 Å². The Bertz CT molecular complexity index is 859. The molecule has 27 heavy (non-hydrogen) atoms. The van der Waals surface area contributed by atoms with E-state index in [1.54, 1.807) is 24.3 Å². The summed E-state index contributed by atoms with van der Waals surface area (Å²) in [5.74, 6) is -0.409. The fraction of sp³-hybridized carbons (Fsp3) is 0.286. The summed E-state index contributed by atoms with van der Waals surface area (Å²) in [6.45, 7) is 4.22. The lowest BCUT2D eigenvalue weighted by Gasteiger charge is -2.14. The normalized spacial score (nSPS) is 16.2. The summed E-state index contributed by atoms with van der Waals surface area (Å²) in [5.41, 5.74) is 2.82. The molecule has 1 aliphatic heterocycles. The van der Waals surface area contributed by atoms with Crippen LogP contribution < -0.4 is 16.0 Å². The number of hydrogen-bond acceptors (Lipinski definition) is 3. The highest BCUT2D eigenvalue weighted by Gasteiger charge is 2.27. The number of hydrogen-bond donors (Lipinski definition) is 3. The zero-order chi connectivity index (χ0) is 19.4. The van der Waals surface area contributed by atoms with Crippen LogP contribution in [0.2, 0.25) is 0 Å². The second-order valence-electron chi connectivity index (χ2n) is 6.92. The summed E-state index contributed by atoms with van der Waals surface area (Å²) in [6.07, 6.45) is 0.349. The lowest BCUT2D eigenvalue weighted by atomic mass is 10.0. The van der Waals surface area contributed by atoms with Crippen LogP contribution in [0.5, 0.6) is 0 Å². The van der Waals surface area contributed by atoms with E-state index >= 15 is 0 Å². The maximum absolute atomic E-state index is 12.3. The first-order chi connectivity index (χ1) is 12.9. The Balaban J connectivity index is 1.57. The van der Waals surface area contributed by atoms with Crippen LogP contribution in [0, 0.1) is 0 Å². The molecule has 3 N–H and O–H groups in total. The number of amides is 3. The number of fused-ring (bicyclic) bond motifs is 1.